The molecule has 0 aromatic rings. The van der Waals surface area contributed by atoms with Gasteiger partial charge in [0.05, 0.1) is 0 Å². The van der Waals surface area contributed by atoms with Crippen molar-refractivity contribution < 1.29 is 0 Å². The number of likely N-dealkylation sites (N-methyl/N-ethyl adjacent to an activating group) is 1. The van der Waals surface area contributed by atoms with Crippen molar-refractivity contribution in [2.75, 3.05) is 20.1 Å². The number of hydrogen-bond donors (Lipinski definition) is 1. The molecule has 14 heavy (non-hydrogen) atoms. The Morgan fingerprint density at radius 2 is 2.21 bits per heavy atom. The van der Waals surface area contributed by atoms with E-state index in [1.165, 1.54) is 45.2 Å². The topological polar surface area (TPSA) is 15.3 Å². The van der Waals surface area contributed by atoms with E-state index in [1.807, 2.05) is 0 Å². The van der Waals surface area contributed by atoms with Crippen LogP contribution in [0.3, 0.4) is 0 Å². The summed E-state index contributed by atoms with van der Waals surface area (Å²) in [5.41, 5.74) is 0. The quantitative estimate of drug-likeness (QED) is 0.659. The van der Waals surface area contributed by atoms with Crippen molar-refractivity contribution in [2.45, 2.75) is 58.0 Å². The van der Waals surface area contributed by atoms with Crippen LogP contribution < -0.4 is 5.32 Å². The Bertz CT molecular complexity index is 141. The first-order chi connectivity index (χ1) is 6.75. The minimum Gasteiger partial charge on any atom is -0.315 e. The van der Waals surface area contributed by atoms with Gasteiger partial charge in [0.15, 0.2) is 0 Å². The molecule has 84 valence electrons. The van der Waals surface area contributed by atoms with Crippen LogP contribution in [0, 0.1) is 0 Å². The van der Waals surface area contributed by atoms with Crippen LogP contribution in [-0.4, -0.2) is 37.1 Å². The second kappa shape index (κ2) is 6.41. The zero-order valence-corrected chi connectivity index (χ0v) is 10.1. The van der Waals surface area contributed by atoms with Crippen molar-refractivity contribution in [1.29, 1.82) is 0 Å². The van der Waals surface area contributed by atoms with Crippen molar-refractivity contribution in [2.24, 2.45) is 0 Å². The van der Waals surface area contributed by atoms with Gasteiger partial charge < -0.3 is 5.32 Å². The Balaban J connectivity index is 2.17. The minimum atomic E-state index is 0.756. The molecule has 0 aromatic carbocycles. The average Bonchev–Trinajstić information content (AvgIpc) is 2.69. The van der Waals surface area contributed by atoms with Gasteiger partial charge >= 0.3 is 0 Å². The van der Waals surface area contributed by atoms with Gasteiger partial charge in [-0.25, -0.2) is 0 Å². The van der Waals surface area contributed by atoms with Crippen LogP contribution in [0.5, 0.6) is 0 Å². The molecule has 1 saturated heterocycles. The highest BCUT2D eigenvalue weighted by Gasteiger charge is 2.22. The van der Waals surface area contributed by atoms with E-state index in [-0.39, 0.29) is 0 Å². The summed E-state index contributed by atoms with van der Waals surface area (Å²) in [5.74, 6) is 0. The Hall–Kier alpha value is -0.0800. The largest absolute Gasteiger partial charge is 0.315 e. The molecule has 1 heterocycles. The smallest absolute Gasteiger partial charge is 0.0232 e. The fraction of sp³-hybridized carbons (Fsp3) is 1.00. The van der Waals surface area contributed by atoms with Gasteiger partial charge in [-0.2, -0.15) is 0 Å². The molecule has 0 aromatic heterocycles. The van der Waals surface area contributed by atoms with Crippen molar-refractivity contribution in [3.63, 3.8) is 0 Å². The third kappa shape index (κ3) is 3.58. The van der Waals surface area contributed by atoms with Crippen LogP contribution in [-0.2, 0) is 0 Å². The summed E-state index contributed by atoms with van der Waals surface area (Å²) < 4.78 is 0. The molecule has 2 atom stereocenters. The lowest BCUT2D eigenvalue weighted by atomic mass is 10.1. The predicted octanol–water partition coefficient (Wildman–Crippen LogP) is 2.25. The molecule has 0 saturated carbocycles. The molecule has 1 aliphatic heterocycles. The Morgan fingerprint density at radius 3 is 2.79 bits per heavy atom. The van der Waals surface area contributed by atoms with Crippen molar-refractivity contribution in [3.05, 3.63) is 0 Å². The fourth-order valence-corrected chi connectivity index (χ4v) is 2.24. The molecule has 0 radical (unpaired) electrons. The normalized spacial score (nSPS) is 24.4. The summed E-state index contributed by atoms with van der Waals surface area (Å²) in [7, 11) is 2.29. The van der Waals surface area contributed by atoms with Crippen LogP contribution in [0.15, 0.2) is 0 Å². The number of rotatable bonds is 6. The van der Waals surface area contributed by atoms with E-state index >= 15 is 0 Å². The highest BCUT2D eigenvalue weighted by atomic mass is 15.2. The first-order valence-corrected chi connectivity index (χ1v) is 6.18. The molecule has 1 aliphatic rings. The number of unbranched alkanes of at least 4 members (excludes halogenated alkanes) is 2. The van der Waals surface area contributed by atoms with Crippen LogP contribution in [0.4, 0.5) is 0 Å². The SMILES string of the molecule is CCCCCC(C)N(C)C1CCNC1. The van der Waals surface area contributed by atoms with E-state index in [0.29, 0.717) is 0 Å². The van der Waals surface area contributed by atoms with Crippen molar-refractivity contribution in [1.82, 2.24) is 10.2 Å². The zero-order valence-electron chi connectivity index (χ0n) is 10.1. The average molecular weight is 198 g/mol. The van der Waals surface area contributed by atoms with Gasteiger partial charge in [0.25, 0.3) is 0 Å². The monoisotopic (exact) mass is 198 g/mol. The van der Waals surface area contributed by atoms with Gasteiger partial charge in [-0.15, -0.1) is 0 Å². The first kappa shape index (κ1) is 12.0. The van der Waals surface area contributed by atoms with Crippen LogP contribution in [0.1, 0.15) is 46.0 Å². The van der Waals surface area contributed by atoms with E-state index in [1.54, 1.807) is 0 Å². The standard InChI is InChI=1S/C12H26N2/c1-4-5-6-7-11(2)14(3)12-8-9-13-10-12/h11-13H,4-10H2,1-3H3. The van der Waals surface area contributed by atoms with E-state index in [9.17, 15) is 0 Å². The highest BCUT2D eigenvalue weighted by molar-refractivity contribution is 4.81. The molecule has 1 rings (SSSR count). The summed E-state index contributed by atoms with van der Waals surface area (Å²) in [5, 5.41) is 3.43. The third-order valence-electron chi connectivity index (χ3n) is 3.53. The molecule has 0 bridgehead atoms. The van der Waals surface area contributed by atoms with Gasteiger partial charge in [-0.3, -0.25) is 4.90 Å². The summed E-state index contributed by atoms with van der Waals surface area (Å²) >= 11 is 0. The van der Waals surface area contributed by atoms with E-state index < -0.39 is 0 Å². The fourth-order valence-electron chi connectivity index (χ4n) is 2.24. The first-order valence-electron chi connectivity index (χ1n) is 6.18. The lowest BCUT2D eigenvalue weighted by molar-refractivity contribution is 0.184. The van der Waals surface area contributed by atoms with Gasteiger partial charge in [0, 0.05) is 18.6 Å². The van der Waals surface area contributed by atoms with Gasteiger partial charge in [-0.05, 0) is 33.4 Å². The lowest BCUT2D eigenvalue weighted by Gasteiger charge is -2.30. The molecule has 0 amide bonds. The summed E-state index contributed by atoms with van der Waals surface area (Å²) in [4.78, 5) is 2.57. The molecule has 1 fully saturated rings. The Morgan fingerprint density at radius 1 is 1.43 bits per heavy atom. The molecular weight excluding hydrogens is 172 g/mol. The molecule has 0 aliphatic carbocycles. The molecular formula is C12H26N2. The zero-order chi connectivity index (χ0) is 10.4. The molecule has 2 heteroatoms. The summed E-state index contributed by atoms with van der Waals surface area (Å²) in [6.45, 7) is 7.04. The van der Waals surface area contributed by atoms with Gasteiger partial charge in [0.2, 0.25) is 0 Å². The molecule has 1 N–H and O–H groups in total. The number of nitrogens with zero attached hydrogens (tertiary/aromatic N) is 1. The highest BCUT2D eigenvalue weighted by Crippen LogP contribution is 2.14. The molecule has 2 unspecified atom stereocenters. The maximum absolute atomic E-state index is 3.43. The van der Waals surface area contributed by atoms with Crippen LogP contribution in [0.2, 0.25) is 0 Å². The van der Waals surface area contributed by atoms with Gasteiger partial charge in [-0.1, -0.05) is 26.2 Å². The predicted molar refractivity (Wildman–Crippen MR) is 62.6 cm³/mol. The lowest BCUT2D eigenvalue weighted by Crippen LogP contribution is -2.39. The molecule has 2 nitrogen and oxygen atoms in total. The maximum Gasteiger partial charge on any atom is 0.0232 e. The molecule has 0 spiro atoms. The Kier molecular flexibility index (Phi) is 5.49. The second-order valence-corrected chi connectivity index (χ2v) is 4.66. The van der Waals surface area contributed by atoms with Crippen molar-refractivity contribution in [3.8, 4) is 0 Å². The maximum atomic E-state index is 3.43. The van der Waals surface area contributed by atoms with E-state index in [4.69, 9.17) is 0 Å². The minimum absolute atomic E-state index is 0.756. The van der Waals surface area contributed by atoms with Crippen LogP contribution >= 0.6 is 0 Å². The summed E-state index contributed by atoms with van der Waals surface area (Å²) in [6, 6.07) is 1.54. The van der Waals surface area contributed by atoms with Gasteiger partial charge in [0.1, 0.15) is 0 Å². The summed E-state index contributed by atoms with van der Waals surface area (Å²) in [6.07, 6.45) is 6.81. The number of hydrogen-bond acceptors (Lipinski definition) is 2. The Labute approximate surface area is 89.1 Å². The third-order valence-corrected chi connectivity index (χ3v) is 3.53. The van der Waals surface area contributed by atoms with Crippen molar-refractivity contribution >= 4 is 0 Å². The van der Waals surface area contributed by atoms with E-state index in [0.717, 1.165) is 12.1 Å². The van der Waals surface area contributed by atoms with E-state index in [2.05, 4.69) is 31.1 Å². The number of nitrogens with one attached hydrogen (secondary N) is 1. The van der Waals surface area contributed by atoms with Crippen LogP contribution in [0.25, 0.3) is 0 Å². The second-order valence-electron chi connectivity index (χ2n) is 4.66.